The van der Waals surface area contributed by atoms with Crippen LogP contribution in [0.4, 0.5) is 0 Å². The van der Waals surface area contributed by atoms with Gasteiger partial charge in [0.25, 0.3) is 0 Å². The number of hydrogen-bond acceptors (Lipinski definition) is 12. The van der Waals surface area contributed by atoms with Crippen molar-refractivity contribution in [2.45, 2.75) is 68.2 Å². The van der Waals surface area contributed by atoms with Gasteiger partial charge in [0, 0.05) is 88.1 Å². The lowest BCUT2D eigenvalue weighted by Gasteiger charge is -2.18. The van der Waals surface area contributed by atoms with E-state index in [1.54, 1.807) is 29.7 Å². The van der Waals surface area contributed by atoms with Gasteiger partial charge in [-0.1, -0.05) is 44.1 Å². The summed E-state index contributed by atoms with van der Waals surface area (Å²) in [6.45, 7) is 17.6. The Hall–Kier alpha value is -1.46. The van der Waals surface area contributed by atoms with Gasteiger partial charge in [0.05, 0.1) is 21.4 Å². The molecule has 8 nitrogen and oxygen atoms in total. The Kier molecular flexibility index (Phi) is 29.2. The Balaban J connectivity index is 0.000000606. The van der Waals surface area contributed by atoms with E-state index in [0.717, 1.165) is 48.9 Å². The molecule has 0 unspecified atom stereocenters. The first-order valence-electron chi connectivity index (χ1n) is 16.2. The molecule has 4 aromatic rings. The number of halogens is 1. The molecule has 4 rings (SSSR count). The lowest BCUT2D eigenvalue weighted by molar-refractivity contribution is 0.801. The van der Waals surface area contributed by atoms with Crippen LogP contribution in [0.25, 0.3) is 0 Å². The molecule has 0 saturated heterocycles. The van der Waals surface area contributed by atoms with Crippen molar-refractivity contribution in [2.24, 2.45) is 22.9 Å². The summed E-state index contributed by atoms with van der Waals surface area (Å²) in [5, 5.41) is 2.19. The summed E-state index contributed by atoms with van der Waals surface area (Å²) in [7, 11) is 0.0633. The third kappa shape index (κ3) is 25.5. The van der Waals surface area contributed by atoms with E-state index >= 15 is 0 Å². The number of rotatable bonds is 11. The summed E-state index contributed by atoms with van der Waals surface area (Å²) < 4.78 is 1.34. The van der Waals surface area contributed by atoms with Gasteiger partial charge >= 0.3 is 0 Å². The fourth-order valence-electron chi connectivity index (χ4n) is 3.29. The van der Waals surface area contributed by atoms with Gasteiger partial charge in [-0.05, 0) is 91.1 Å². The minimum Gasteiger partial charge on any atom is -0.330 e. The number of thioether (sulfide) groups is 3. The molecule has 0 aromatic carbocycles. The van der Waals surface area contributed by atoms with Gasteiger partial charge < -0.3 is 22.9 Å². The normalized spacial score (nSPS) is 10.3. The van der Waals surface area contributed by atoms with E-state index in [0.29, 0.717) is 26.2 Å². The second-order valence-corrected chi connectivity index (χ2v) is 19.3. The van der Waals surface area contributed by atoms with Crippen LogP contribution >= 0.6 is 51.2 Å². The van der Waals surface area contributed by atoms with E-state index in [-0.39, 0.29) is 14.2 Å². The zero-order chi connectivity index (χ0) is 37.8. The Labute approximate surface area is 330 Å². The van der Waals surface area contributed by atoms with Gasteiger partial charge in [0.15, 0.2) is 0 Å². The highest BCUT2D eigenvalue weighted by Crippen LogP contribution is 2.32. The standard InChI is InChI=1S/C10H15NS.2C8H12N2S.C6H6BrN.C4H12N2S2/c1-8-9(6-5-7-11-8)12-10(2,3)4;2*1-7-3-2-5-10-8(7)11-6-4-9;1-5-6(7)3-2-4-8-5;5-1-3-8(7)4-2-6/h5-7H,1-4H3;2*2-3,5H,4,6,9H2,1H3;2-4H,1H3;1-6H2. The smallest absolute Gasteiger partial charge is 0.0989 e. The van der Waals surface area contributed by atoms with E-state index in [2.05, 4.69) is 88.7 Å². The zero-order valence-corrected chi connectivity index (χ0v) is 36.3. The van der Waals surface area contributed by atoms with Gasteiger partial charge in [-0.15, -0.1) is 44.7 Å². The fourth-order valence-corrected chi connectivity index (χ4v) is 7.35. The first-order valence-corrected chi connectivity index (χ1v) is 22.3. The summed E-state index contributed by atoms with van der Waals surface area (Å²) in [5.74, 6) is 3.79. The molecule has 0 aliphatic carbocycles. The van der Waals surface area contributed by atoms with Crippen LogP contribution in [0.2, 0.25) is 0 Å². The number of nitrogens with two attached hydrogens (primary N) is 4. The van der Waals surface area contributed by atoms with Crippen LogP contribution in [0, 0.1) is 27.7 Å². The van der Waals surface area contributed by atoms with E-state index in [1.165, 1.54) is 16.0 Å². The summed E-state index contributed by atoms with van der Waals surface area (Å²) >= 11 is 13.6. The number of aromatic nitrogens is 4. The van der Waals surface area contributed by atoms with Crippen LogP contribution in [0.3, 0.4) is 0 Å². The highest BCUT2D eigenvalue weighted by molar-refractivity contribution is 9.10. The summed E-state index contributed by atoms with van der Waals surface area (Å²) in [6.07, 6.45) is 7.24. The molecule has 0 radical (unpaired) electrons. The molecule has 14 heteroatoms. The molecule has 0 amide bonds. The zero-order valence-electron chi connectivity index (χ0n) is 30.6. The maximum absolute atomic E-state index is 5.38. The predicted octanol–water partition coefficient (Wildman–Crippen LogP) is 7.30. The van der Waals surface area contributed by atoms with Gasteiger partial charge in [-0.2, -0.15) is 0 Å². The maximum atomic E-state index is 5.38. The molecule has 50 heavy (non-hydrogen) atoms. The van der Waals surface area contributed by atoms with Crippen LogP contribution in [-0.4, -0.2) is 73.9 Å². The molecule has 0 aliphatic rings. The average molecular weight is 842 g/mol. The third-order valence-electron chi connectivity index (χ3n) is 5.64. The van der Waals surface area contributed by atoms with Crippen molar-refractivity contribution < 1.29 is 0 Å². The van der Waals surface area contributed by atoms with Crippen molar-refractivity contribution >= 4 is 71.9 Å². The van der Waals surface area contributed by atoms with Crippen LogP contribution in [0.15, 0.2) is 92.7 Å². The molecule has 0 spiro atoms. The van der Waals surface area contributed by atoms with Crippen LogP contribution in [0.1, 0.15) is 43.3 Å². The summed E-state index contributed by atoms with van der Waals surface area (Å²) in [5.41, 5.74) is 25.9. The summed E-state index contributed by atoms with van der Waals surface area (Å²) in [6, 6.07) is 16.0. The fraction of sp³-hybridized carbons (Fsp3) is 0.444. The second kappa shape index (κ2) is 30.0. The van der Waals surface area contributed by atoms with Crippen molar-refractivity contribution in [1.82, 2.24) is 19.9 Å². The predicted molar refractivity (Wildman–Crippen MR) is 231 cm³/mol. The molecule has 0 saturated carbocycles. The quantitative estimate of drug-likeness (QED) is 0.112. The van der Waals surface area contributed by atoms with Crippen LogP contribution in [-0.2, 0) is 20.6 Å². The summed E-state index contributed by atoms with van der Waals surface area (Å²) in [4.78, 5) is 18.0. The number of hydrogen-bond donors (Lipinski definition) is 4. The monoisotopic (exact) mass is 840 g/mol. The molecule has 0 bridgehead atoms. The van der Waals surface area contributed by atoms with Crippen molar-refractivity contribution in [1.29, 1.82) is 0 Å². The minimum atomic E-state index is 0.0633. The van der Waals surface area contributed by atoms with Gasteiger partial charge in [-0.25, -0.2) is 9.97 Å². The van der Waals surface area contributed by atoms with Crippen molar-refractivity contribution in [3.63, 3.8) is 0 Å². The molecule has 0 fully saturated rings. The first kappa shape index (κ1) is 48.5. The molecule has 278 valence electrons. The lowest BCUT2D eigenvalue weighted by atomic mass is 10.3. The lowest BCUT2D eigenvalue weighted by Crippen LogP contribution is -2.16. The highest BCUT2D eigenvalue weighted by Gasteiger charge is 2.13. The Bertz CT molecular complexity index is 1400. The number of nitrogens with zero attached hydrogens (tertiary/aromatic N) is 4. The van der Waals surface area contributed by atoms with E-state index in [1.807, 2.05) is 74.5 Å². The Morgan fingerprint density at radius 1 is 0.640 bits per heavy atom. The SMILES string of the molecule is Cc1cccnc1SCCN.Cc1cccnc1SCCN.Cc1ncccc1Br.Cc1ncccc1SC(C)(C)C.NCCS(=S)CCN. The molecular formula is C36H57BrN8S5. The molecule has 0 aliphatic heterocycles. The topological polar surface area (TPSA) is 156 Å². The van der Waals surface area contributed by atoms with Crippen molar-refractivity contribution in [3.8, 4) is 0 Å². The maximum Gasteiger partial charge on any atom is 0.0989 e. The van der Waals surface area contributed by atoms with E-state index in [4.69, 9.17) is 34.1 Å². The molecule has 4 aromatic heterocycles. The minimum absolute atomic E-state index is 0.0633. The first-order chi connectivity index (χ1) is 23.8. The van der Waals surface area contributed by atoms with Crippen LogP contribution in [0.5, 0.6) is 0 Å². The van der Waals surface area contributed by atoms with Gasteiger partial charge in [-0.3, -0.25) is 9.97 Å². The number of aryl methyl sites for hydroxylation is 4. The Morgan fingerprint density at radius 3 is 1.40 bits per heavy atom. The third-order valence-corrected chi connectivity index (χ3v) is 12.4. The second-order valence-electron chi connectivity index (χ2n) is 11.3. The van der Waals surface area contributed by atoms with Gasteiger partial charge in [0.1, 0.15) is 0 Å². The molecule has 4 heterocycles. The Morgan fingerprint density at radius 2 is 1.06 bits per heavy atom. The number of pyridine rings is 4. The largest absolute Gasteiger partial charge is 0.330 e. The van der Waals surface area contributed by atoms with Crippen LogP contribution < -0.4 is 22.9 Å². The molecule has 0 atom stereocenters. The highest BCUT2D eigenvalue weighted by atomic mass is 79.9. The average Bonchev–Trinajstić information content (AvgIpc) is 3.07. The van der Waals surface area contributed by atoms with E-state index < -0.39 is 0 Å². The van der Waals surface area contributed by atoms with Crippen molar-refractivity contribution in [2.75, 3.05) is 49.2 Å². The van der Waals surface area contributed by atoms with Crippen molar-refractivity contribution in [3.05, 3.63) is 100 Å². The molecule has 8 N–H and O–H groups in total. The van der Waals surface area contributed by atoms with E-state index in [9.17, 15) is 0 Å². The van der Waals surface area contributed by atoms with Gasteiger partial charge in [0.2, 0.25) is 0 Å². The molecular weight excluding hydrogens is 785 g/mol.